The quantitative estimate of drug-likeness (QED) is 0.820. The van der Waals surface area contributed by atoms with Crippen molar-refractivity contribution in [2.75, 3.05) is 29.4 Å². The summed E-state index contributed by atoms with van der Waals surface area (Å²) >= 11 is 0. The van der Waals surface area contributed by atoms with Crippen LogP contribution in [0.3, 0.4) is 0 Å². The van der Waals surface area contributed by atoms with Crippen LogP contribution in [0, 0.1) is 0 Å². The molecule has 3 heterocycles. The molecule has 1 aromatic carbocycles. The van der Waals surface area contributed by atoms with Gasteiger partial charge in [-0.25, -0.2) is 9.97 Å². The van der Waals surface area contributed by atoms with Crippen molar-refractivity contribution in [3.63, 3.8) is 0 Å². The fraction of sp³-hybridized carbons (Fsp3) is 0.429. The molecule has 0 saturated carbocycles. The summed E-state index contributed by atoms with van der Waals surface area (Å²) < 4.78 is 0. The van der Waals surface area contributed by atoms with Gasteiger partial charge < -0.3 is 4.90 Å². The zero-order chi connectivity index (χ0) is 19.7. The Morgan fingerprint density at radius 2 is 1.82 bits per heavy atom. The number of hydrogen-bond donors (Lipinski definition) is 0. The number of piperidine rings is 1. The number of amides is 2. The van der Waals surface area contributed by atoms with Crippen molar-refractivity contribution in [2.45, 2.75) is 39.2 Å². The molecule has 2 aliphatic rings. The zero-order valence-corrected chi connectivity index (χ0v) is 16.3. The molecule has 1 fully saturated rings. The van der Waals surface area contributed by atoms with Crippen molar-refractivity contribution in [2.24, 2.45) is 0 Å². The minimum absolute atomic E-state index is 0.0705. The second kappa shape index (κ2) is 7.67. The van der Waals surface area contributed by atoms with Gasteiger partial charge in [0.05, 0.1) is 17.9 Å². The molecule has 4 rings (SSSR count). The van der Waals surface area contributed by atoms with Crippen molar-refractivity contribution in [3.8, 4) is 0 Å². The predicted octanol–water partition coefficient (Wildman–Crippen LogP) is 3.00. The van der Waals surface area contributed by atoms with E-state index in [1.807, 2.05) is 38.1 Å². The van der Waals surface area contributed by atoms with Crippen molar-refractivity contribution in [1.29, 1.82) is 0 Å². The van der Waals surface area contributed by atoms with E-state index in [9.17, 15) is 9.59 Å². The first-order valence-electron chi connectivity index (χ1n) is 9.86. The van der Waals surface area contributed by atoms with E-state index < -0.39 is 0 Å². The van der Waals surface area contributed by atoms with Gasteiger partial charge in [-0.2, -0.15) is 0 Å². The zero-order valence-electron chi connectivity index (χ0n) is 16.3. The standard InChI is InChI=1S/C21H25N5O2/c1-15(2)25-17-8-4-5-9-18(17)26(19(27)13-24-10-6-3-7-11-24)20-16(21(25)28)12-22-14-23-20/h4-5,8-9,12,14-15H,3,6-7,10-11,13H2,1-2H3. The predicted molar refractivity (Wildman–Crippen MR) is 108 cm³/mol. The van der Waals surface area contributed by atoms with Gasteiger partial charge in [-0.15, -0.1) is 0 Å². The van der Waals surface area contributed by atoms with Crippen molar-refractivity contribution in [1.82, 2.24) is 14.9 Å². The highest BCUT2D eigenvalue weighted by molar-refractivity contribution is 6.18. The minimum Gasteiger partial charge on any atom is -0.304 e. The summed E-state index contributed by atoms with van der Waals surface area (Å²) in [5.74, 6) is 0.0941. The van der Waals surface area contributed by atoms with E-state index in [0.717, 1.165) is 25.9 Å². The lowest BCUT2D eigenvalue weighted by Gasteiger charge is -2.30. The molecular formula is C21H25N5O2. The highest BCUT2D eigenvalue weighted by atomic mass is 16.2. The van der Waals surface area contributed by atoms with E-state index in [2.05, 4.69) is 14.9 Å². The molecule has 0 spiro atoms. The maximum atomic E-state index is 13.4. The van der Waals surface area contributed by atoms with Crippen LogP contribution in [0.25, 0.3) is 0 Å². The van der Waals surface area contributed by atoms with Crippen LogP contribution in [-0.2, 0) is 4.79 Å². The number of rotatable bonds is 3. The third kappa shape index (κ3) is 3.26. The summed E-state index contributed by atoms with van der Waals surface area (Å²) in [5, 5.41) is 0. The molecule has 0 N–H and O–H groups in total. The van der Waals surface area contributed by atoms with Gasteiger partial charge in [-0.1, -0.05) is 18.6 Å². The largest absolute Gasteiger partial charge is 0.304 e. The van der Waals surface area contributed by atoms with Gasteiger partial charge in [-0.3, -0.25) is 19.4 Å². The Balaban J connectivity index is 1.83. The first-order chi connectivity index (χ1) is 13.6. The molecule has 7 heteroatoms. The van der Waals surface area contributed by atoms with E-state index in [0.29, 0.717) is 29.3 Å². The number of carbonyl (C=O) groups is 2. The second-order valence-corrected chi connectivity index (χ2v) is 7.58. The number of para-hydroxylation sites is 2. The van der Waals surface area contributed by atoms with Crippen LogP contribution in [0.2, 0.25) is 0 Å². The number of nitrogens with zero attached hydrogens (tertiary/aromatic N) is 5. The third-order valence-corrected chi connectivity index (χ3v) is 5.31. The van der Waals surface area contributed by atoms with Crippen LogP contribution < -0.4 is 9.80 Å². The summed E-state index contributed by atoms with van der Waals surface area (Å²) in [7, 11) is 0. The summed E-state index contributed by atoms with van der Waals surface area (Å²) in [6.07, 6.45) is 6.34. The van der Waals surface area contributed by atoms with Crippen LogP contribution in [0.4, 0.5) is 17.2 Å². The molecule has 1 saturated heterocycles. The first kappa shape index (κ1) is 18.6. The van der Waals surface area contributed by atoms with E-state index in [4.69, 9.17) is 0 Å². The molecule has 2 amide bonds. The van der Waals surface area contributed by atoms with Crippen molar-refractivity contribution in [3.05, 3.63) is 42.4 Å². The summed E-state index contributed by atoms with van der Waals surface area (Å²) in [4.78, 5) is 40.6. The molecule has 1 aromatic heterocycles. The van der Waals surface area contributed by atoms with Gasteiger partial charge >= 0.3 is 0 Å². The molecule has 0 radical (unpaired) electrons. The lowest BCUT2D eigenvalue weighted by atomic mass is 10.1. The number of aromatic nitrogens is 2. The maximum Gasteiger partial charge on any atom is 0.263 e. The summed E-state index contributed by atoms with van der Waals surface area (Å²) in [5.41, 5.74) is 1.75. The van der Waals surface area contributed by atoms with Crippen molar-refractivity contribution < 1.29 is 9.59 Å². The lowest BCUT2D eigenvalue weighted by molar-refractivity contribution is -0.119. The molecular weight excluding hydrogens is 354 g/mol. The molecule has 0 aliphatic carbocycles. The smallest absolute Gasteiger partial charge is 0.263 e. The number of likely N-dealkylation sites (tertiary alicyclic amines) is 1. The number of carbonyl (C=O) groups excluding carboxylic acids is 2. The number of hydrogen-bond acceptors (Lipinski definition) is 5. The Kier molecular flexibility index (Phi) is 5.09. The van der Waals surface area contributed by atoms with Gasteiger partial charge in [0.15, 0.2) is 5.82 Å². The number of fused-ring (bicyclic) bond motifs is 2. The van der Waals surface area contributed by atoms with Crippen molar-refractivity contribution >= 4 is 29.0 Å². The number of anilines is 3. The Morgan fingerprint density at radius 1 is 1.11 bits per heavy atom. The molecule has 2 aliphatic heterocycles. The average Bonchev–Trinajstić information content (AvgIpc) is 2.81. The second-order valence-electron chi connectivity index (χ2n) is 7.58. The summed E-state index contributed by atoms with van der Waals surface area (Å²) in [6, 6.07) is 7.46. The highest BCUT2D eigenvalue weighted by Gasteiger charge is 2.36. The molecule has 146 valence electrons. The Hall–Kier alpha value is -2.80. The molecule has 0 unspecified atom stereocenters. The fourth-order valence-electron chi connectivity index (χ4n) is 4.01. The van der Waals surface area contributed by atoms with Crippen LogP contribution in [-0.4, -0.2) is 52.4 Å². The van der Waals surface area contributed by atoms with E-state index in [1.54, 1.807) is 9.80 Å². The molecule has 7 nitrogen and oxygen atoms in total. The Labute approximate surface area is 165 Å². The van der Waals surface area contributed by atoms with Gasteiger partial charge in [0.1, 0.15) is 11.9 Å². The van der Waals surface area contributed by atoms with Gasteiger partial charge in [0, 0.05) is 12.2 Å². The minimum atomic E-state index is -0.189. The highest BCUT2D eigenvalue weighted by Crippen LogP contribution is 2.40. The lowest BCUT2D eigenvalue weighted by Crippen LogP contribution is -2.41. The van der Waals surface area contributed by atoms with E-state index >= 15 is 0 Å². The normalized spacial score (nSPS) is 17.3. The van der Waals surface area contributed by atoms with Crippen LogP contribution in [0.1, 0.15) is 43.5 Å². The van der Waals surface area contributed by atoms with Gasteiger partial charge in [0.25, 0.3) is 5.91 Å². The van der Waals surface area contributed by atoms with E-state index in [-0.39, 0.29) is 17.9 Å². The first-order valence-corrected chi connectivity index (χ1v) is 9.86. The van der Waals surface area contributed by atoms with Crippen LogP contribution in [0.15, 0.2) is 36.8 Å². The molecule has 0 bridgehead atoms. The van der Waals surface area contributed by atoms with Crippen LogP contribution in [0.5, 0.6) is 0 Å². The third-order valence-electron chi connectivity index (χ3n) is 5.31. The Bertz CT molecular complexity index is 892. The average molecular weight is 379 g/mol. The maximum absolute atomic E-state index is 13.4. The van der Waals surface area contributed by atoms with E-state index in [1.165, 1.54) is 18.9 Å². The SMILES string of the molecule is CC(C)N1C(=O)c2cncnc2N(C(=O)CN2CCCCC2)c2ccccc21. The molecule has 0 atom stereocenters. The summed E-state index contributed by atoms with van der Waals surface area (Å²) in [6.45, 7) is 6.09. The van der Waals surface area contributed by atoms with Gasteiger partial charge in [-0.05, 0) is 51.9 Å². The topological polar surface area (TPSA) is 69.6 Å². The number of benzene rings is 1. The Morgan fingerprint density at radius 3 is 2.54 bits per heavy atom. The fourth-order valence-corrected chi connectivity index (χ4v) is 4.01. The molecule has 2 aromatic rings. The monoisotopic (exact) mass is 379 g/mol. The van der Waals surface area contributed by atoms with Gasteiger partial charge in [0.2, 0.25) is 5.91 Å². The van der Waals surface area contributed by atoms with Crippen LogP contribution >= 0.6 is 0 Å². The molecule has 28 heavy (non-hydrogen) atoms.